The Hall–Kier alpha value is -0.213. The number of hydrogen-bond donors (Lipinski definition) is 0. The molecule has 0 N–H and O–H groups in total. The van der Waals surface area contributed by atoms with Crippen LogP contribution in [-0.4, -0.2) is 13.3 Å². The first-order valence-electron chi connectivity index (χ1n) is 7.81. The van der Waals surface area contributed by atoms with Crippen molar-refractivity contribution >= 4 is 19.8 Å². The predicted octanol–water partition coefficient (Wildman–Crippen LogP) is 6.60. The lowest BCUT2D eigenvalue weighted by Crippen LogP contribution is -2.65. The second kappa shape index (κ2) is 5.21. The van der Waals surface area contributed by atoms with Crippen LogP contribution in [0.4, 0.5) is 0 Å². The fourth-order valence-corrected chi connectivity index (χ4v) is 15.5. The van der Waals surface area contributed by atoms with E-state index in [1.54, 1.807) is 0 Å². The molecule has 2 atom stereocenters. The van der Waals surface area contributed by atoms with Gasteiger partial charge in [0.05, 0.1) is 8.07 Å². The lowest BCUT2D eigenvalue weighted by molar-refractivity contribution is 0.523. The van der Waals surface area contributed by atoms with Crippen LogP contribution in [0.15, 0.2) is 35.2 Å². The lowest BCUT2D eigenvalue weighted by atomic mass is 10.2. The van der Waals surface area contributed by atoms with Crippen LogP contribution in [0.25, 0.3) is 0 Å². The van der Waals surface area contributed by atoms with Gasteiger partial charge in [0, 0.05) is 10.1 Å². The van der Waals surface area contributed by atoms with Crippen molar-refractivity contribution in [3.8, 4) is 0 Å². The van der Waals surface area contributed by atoms with Crippen molar-refractivity contribution in [2.75, 3.05) is 0 Å². The zero-order valence-corrected chi connectivity index (χ0v) is 16.0. The van der Waals surface area contributed by atoms with E-state index in [0.717, 1.165) is 10.8 Å². The number of rotatable bonds is 2. The molecule has 0 saturated carbocycles. The third kappa shape index (κ3) is 2.50. The molecule has 1 aromatic carbocycles. The van der Waals surface area contributed by atoms with Crippen LogP contribution in [-0.2, 0) is 0 Å². The lowest BCUT2D eigenvalue weighted by Gasteiger charge is -2.65. The minimum Gasteiger partial charge on any atom is -0.123 e. The molecular weight excluding hydrogens is 276 g/mol. The third-order valence-corrected chi connectivity index (χ3v) is 15.9. The molecule has 0 amide bonds. The average molecular weight is 307 g/mol. The van der Waals surface area contributed by atoms with Gasteiger partial charge in [-0.1, -0.05) is 66.7 Å². The minimum absolute atomic E-state index is 0.498. The molecule has 20 heavy (non-hydrogen) atoms. The summed E-state index contributed by atoms with van der Waals surface area (Å²) < 4.78 is 0. The maximum absolute atomic E-state index is 2.53. The van der Waals surface area contributed by atoms with Crippen LogP contribution in [0, 0.1) is 0 Å². The van der Waals surface area contributed by atoms with Crippen molar-refractivity contribution in [1.82, 2.24) is 0 Å². The maximum Gasteiger partial charge on any atom is 0.0694 e. The normalized spacial score (nSPS) is 26.1. The van der Waals surface area contributed by atoms with Gasteiger partial charge in [-0.25, -0.2) is 0 Å². The Morgan fingerprint density at radius 1 is 0.950 bits per heavy atom. The second-order valence-corrected chi connectivity index (χ2v) is 16.0. The summed E-state index contributed by atoms with van der Waals surface area (Å²) in [5.41, 5.74) is 0.896. The monoisotopic (exact) mass is 306 g/mol. The van der Waals surface area contributed by atoms with Crippen molar-refractivity contribution in [3.63, 3.8) is 0 Å². The van der Waals surface area contributed by atoms with Crippen LogP contribution < -0.4 is 0 Å². The highest BCUT2D eigenvalue weighted by molar-refractivity contribution is 8.00. The van der Waals surface area contributed by atoms with Crippen LogP contribution >= 0.6 is 11.8 Å². The van der Waals surface area contributed by atoms with Crippen molar-refractivity contribution in [3.05, 3.63) is 30.3 Å². The fourth-order valence-electron chi connectivity index (χ4n) is 4.76. The van der Waals surface area contributed by atoms with Gasteiger partial charge in [0.2, 0.25) is 0 Å². The molecule has 0 aliphatic carbocycles. The van der Waals surface area contributed by atoms with E-state index >= 15 is 0 Å². The summed E-state index contributed by atoms with van der Waals surface area (Å²) in [5.74, 6) is 0. The standard InChI is InChI=1S/C18H30SSi/c1-14-16(19-15-11-9-8-10-12-15)13-20(14,17(2,3)4)18(5,6)7/h8-12,14,16H,13H2,1-7H3/t14-,16-/m1/s1. The zero-order chi connectivity index (χ0) is 15.2. The molecule has 1 saturated heterocycles. The van der Waals surface area contributed by atoms with Crippen molar-refractivity contribution in [2.24, 2.45) is 0 Å². The topological polar surface area (TPSA) is 0 Å². The molecule has 1 heterocycles. The largest absolute Gasteiger partial charge is 0.123 e. The molecular formula is C18H30SSi. The molecule has 0 radical (unpaired) electrons. The van der Waals surface area contributed by atoms with Gasteiger partial charge < -0.3 is 0 Å². The van der Waals surface area contributed by atoms with Crippen molar-refractivity contribution in [1.29, 1.82) is 0 Å². The molecule has 1 aliphatic rings. The van der Waals surface area contributed by atoms with Gasteiger partial charge in [0.1, 0.15) is 0 Å². The second-order valence-electron chi connectivity index (χ2n) is 8.43. The molecule has 0 bridgehead atoms. The minimum atomic E-state index is -1.29. The Kier molecular flexibility index (Phi) is 4.21. The molecule has 112 valence electrons. The Morgan fingerprint density at radius 3 is 1.85 bits per heavy atom. The highest BCUT2D eigenvalue weighted by Crippen LogP contribution is 2.69. The smallest absolute Gasteiger partial charge is 0.0694 e. The summed E-state index contributed by atoms with van der Waals surface area (Å²) in [4.78, 5) is 1.44. The SMILES string of the molecule is C[C@@H]1[C@H](Sc2ccccc2)C[Si]1(C(C)(C)C)C(C)(C)C. The van der Waals surface area contributed by atoms with E-state index in [0.29, 0.717) is 10.1 Å². The van der Waals surface area contributed by atoms with Gasteiger partial charge in [0.15, 0.2) is 0 Å². The molecule has 0 nitrogen and oxygen atoms in total. The van der Waals surface area contributed by atoms with Crippen molar-refractivity contribution < 1.29 is 0 Å². The van der Waals surface area contributed by atoms with Gasteiger partial charge in [-0.05, 0) is 33.8 Å². The number of hydrogen-bond acceptors (Lipinski definition) is 1. The van der Waals surface area contributed by atoms with E-state index in [-0.39, 0.29) is 0 Å². The molecule has 0 aromatic heterocycles. The van der Waals surface area contributed by atoms with Crippen LogP contribution in [0.2, 0.25) is 21.7 Å². The van der Waals surface area contributed by atoms with Gasteiger partial charge in [-0.3, -0.25) is 0 Å². The molecule has 1 fully saturated rings. The van der Waals surface area contributed by atoms with E-state index in [1.807, 2.05) is 0 Å². The van der Waals surface area contributed by atoms with E-state index < -0.39 is 8.07 Å². The summed E-state index contributed by atoms with van der Waals surface area (Å²) in [6.45, 7) is 17.5. The van der Waals surface area contributed by atoms with Crippen LogP contribution in [0.3, 0.4) is 0 Å². The first-order valence-corrected chi connectivity index (χ1v) is 11.0. The Morgan fingerprint density at radius 2 is 1.45 bits per heavy atom. The first kappa shape index (κ1) is 16.2. The quantitative estimate of drug-likeness (QED) is 0.555. The van der Waals surface area contributed by atoms with Crippen LogP contribution in [0.1, 0.15) is 48.5 Å². The van der Waals surface area contributed by atoms with Gasteiger partial charge in [-0.2, -0.15) is 0 Å². The highest BCUT2D eigenvalue weighted by atomic mass is 32.2. The van der Waals surface area contributed by atoms with E-state index in [1.165, 1.54) is 10.9 Å². The van der Waals surface area contributed by atoms with E-state index in [2.05, 4.69) is 90.6 Å². The van der Waals surface area contributed by atoms with Gasteiger partial charge in [-0.15, -0.1) is 11.8 Å². The van der Waals surface area contributed by atoms with E-state index in [9.17, 15) is 0 Å². The van der Waals surface area contributed by atoms with Crippen LogP contribution in [0.5, 0.6) is 0 Å². The summed E-state index contributed by atoms with van der Waals surface area (Å²) in [7, 11) is -1.29. The maximum atomic E-state index is 2.53. The fraction of sp³-hybridized carbons (Fsp3) is 0.667. The predicted molar refractivity (Wildman–Crippen MR) is 95.5 cm³/mol. The zero-order valence-electron chi connectivity index (χ0n) is 14.2. The molecule has 1 aromatic rings. The Balaban J connectivity index is 2.18. The average Bonchev–Trinajstić information content (AvgIpc) is 2.31. The Bertz CT molecular complexity index is 439. The summed E-state index contributed by atoms with van der Waals surface area (Å²) >= 11 is 2.11. The molecule has 1 aliphatic heterocycles. The van der Waals surface area contributed by atoms with Gasteiger partial charge >= 0.3 is 0 Å². The van der Waals surface area contributed by atoms with Gasteiger partial charge in [0.25, 0.3) is 0 Å². The summed E-state index contributed by atoms with van der Waals surface area (Å²) in [6.07, 6.45) is 0. The highest BCUT2D eigenvalue weighted by Gasteiger charge is 2.64. The van der Waals surface area contributed by atoms with Crippen molar-refractivity contribution in [2.45, 2.75) is 80.3 Å². The molecule has 2 heteroatoms. The first-order chi connectivity index (χ1) is 9.09. The Labute approximate surface area is 130 Å². The molecule has 2 rings (SSSR count). The summed E-state index contributed by atoms with van der Waals surface area (Å²) in [5, 5.41) is 1.82. The number of benzene rings is 1. The third-order valence-electron chi connectivity index (χ3n) is 5.57. The number of thioether (sulfide) groups is 1. The molecule has 0 spiro atoms. The van der Waals surface area contributed by atoms with E-state index in [4.69, 9.17) is 0 Å². The molecule has 0 unspecified atom stereocenters. The summed E-state index contributed by atoms with van der Waals surface area (Å²) in [6, 6.07) is 12.4.